The Hall–Kier alpha value is -3.92. The first-order chi connectivity index (χ1) is 23.6. The number of hydroxylamine groups is 2. The number of alkyl halides is 3. The third-order valence-corrected chi connectivity index (χ3v) is 8.50. The minimum atomic E-state index is -4.52. The fourth-order valence-electron chi connectivity index (χ4n) is 3.96. The van der Waals surface area contributed by atoms with Gasteiger partial charge in [0.15, 0.2) is 7.37 Å². The predicted octanol–water partition coefficient (Wildman–Crippen LogP) is 7.79. The van der Waals surface area contributed by atoms with E-state index < -0.39 is 41.5 Å². The SMILES string of the molecule is CC1(C)CON(Cc2ccccc2Cl)C1=O.CCOc1cc(Oc2ccc(C(F)(F)F)cc2Cl)ccc1[N+](=O)[O-].CP(=O)(O)CCC(N)C(=O)O. The lowest BCUT2D eigenvalue weighted by Gasteiger charge is -2.16. The number of hydrogen-bond acceptors (Lipinski definition) is 9. The number of benzene rings is 3. The van der Waals surface area contributed by atoms with Gasteiger partial charge >= 0.3 is 17.8 Å². The second kappa shape index (κ2) is 18.5. The number of carbonyl (C=O) groups excluding carboxylic acids is 1. The molecule has 0 spiro atoms. The maximum atomic E-state index is 12.6. The van der Waals surface area contributed by atoms with Crippen LogP contribution in [0.15, 0.2) is 60.7 Å². The lowest BCUT2D eigenvalue weighted by atomic mass is 9.95. The number of nitrogens with two attached hydrogens (primary N) is 1. The van der Waals surface area contributed by atoms with Crippen LogP contribution in [-0.4, -0.2) is 63.9 Å². The normalized spacial score (nSPS) is 15.4. The molecule has 51 heavy (non-hydrogen) atoms. The number of ether oxygens (including phenoxy) is 2. The molecule has 0 saturated carbocycles. The first-order valence-electron chi connectivity index (χ1n) is 15.0. The van der Waals surface area contributed by atoms with Gasteiger partial charge in [0.2, 0.25) is 5.75 Å². The highest BCUT2D eigenvalue weighted by Crippen LogP contribution is 2.39. The van der Waals surface area contributed by atoms with E-state index in [1.54, 1.807) is 6.92 Å². The fraction of sp³-hybridized carbons (Fsp3) is 0.375. The van der Waals surface area contributed by atoms with E-state index >= 15 is 0 Å². The van der Waals surface area contributed by atoms with Crippen LogP contribution < -0.4 is 15.2 Å². The van der Waals surface area contributed by atoms with Crippen LogP contribution in [0.25, 0.3) is 0 Å². The highest BCUT2D eigenvalue weighted by molar-refractivity contribution is 7.57. The number of nitro groups is 1. The van der Waals surface area contributed by atoms with Crippen LogP contribution in [-0.2, 0) is 31.7 Å². The summed E-state index contributed by atoms with van der Waals surface area (Å²) < 4.78 is 59.0. The van der Waals surface area contributed by atoms with Crippen molar-refractivity contribution in [2.45, 2.75) is 46.0 Å². The smallest absolute Gasteiger partial charge is 0.416 e. The first kappa shape index (κ1) is 43.2. The number of carboxylic acid groups (broad SMARTS) is 1. The van der Waals surface area contributed by atoms with E-state index in [1.165, 1.54) is 29.9 Å². The molecule has 280 valence electrons. The molecular formula is C32H37Cl2F3N3O10P. The molecule has 4 rings (SSSR count). The molecule has 1 aliphatic rings. The number of hydrogen-bond donors (Lipinski definition) is 3. The highest BCUT2D eigenvalue weighted by Gasteiger charge is 2.40. The molecule has 3 aromatic carbocycles. The Morgan fingerprint density at radius 3 is 2.27 bits per heavy atom. The number of carboxylic acids is 1. The van der Waals surface area contributed by atoms with Crippen LogP contribution in [0.1, 0.15) is 38.3 Å². The van der Waals surface area contributed by atoms with Crippen LogP contribution >= 0.6 is 30.6 Å². The summed E-state index contributed by atoms with van der Waals surface area (Å²) >= 11 is 11.8. The van der Waals surface area contributed by atoms with Gasteiger partial charge in [-0.3, -0.25) is 29.1 Å². The molecule has 0 bridgehead atoms. The molecule has 2 atom stereocenters. The number of aliphatic carboxylic acids is 1. The molecule has 1 amide bonds. The van der Waals surface area contributed by atoms with Crippen molar-refractivity contribution in [2.24, 2.45) is 11.1 Å². The fourth-order valence-corrected chi connectivity index (χ4v) is 5.14. The number of amides is 1. The summed E-state index contributed by atoms with van der Waals surface area (Å²) in [6.45, 7) is 7.62. The summed E-state index contributed by atoms with van der Waals surface area (Å²) in [6, 6.07) is 12.8. The number of carbonyl (C=O) groups is 2. The van der Waals surface area contributed by atoms with Crippen molar-refractivity contribution >= 4 is 48.1 Å². The lowest BCUT2D eigenvalue weighted by molar-refractivity contribution is -0.385. The molecule has 13 nitrogen and oxygen atoms in total. The largest absolute Gasteiger partial charge is 0.487 e. The van der Waals surface area contributed by atoms with Gasteiger partial charge in [-0.15, -0.1) is 0 Å². The topological polar surface area (TPSA) is 192 Å². The van der Waals surface area contributed by atoms with Crippen molar-refractivity contribution < 1.29 is 56.6 Å². The Balaban J connectivity index is 0.000000288. The van der Waals surface area contributed by atoms with Gasteiger partial charge in [-0.25, -0.2) is 5.06 Å². The van der Waals surface area contributed by atoms with Crippen LogP contribution in [0, 0.1) is 15.5 Å². The number of nitro benzene ring substituents is 1. The summed E-state index contributed by atoms with van der Waals surface area (Å²) in [4.78, 5) is 46.4. The Kier molecular flexibility index (Phi) is 15.7. The van der Waals surface area contributed by atoms with E-state index in [0.29, 0.717) is 18.2 Å². The van der Waals surface area contributed by atoms with Gasteiger partial charge in [0.25, 0.3) is 5.91 Å². The van der Waals surface area contributed by atoms with Gasteiger partial charge < -0.3 is 25.2 Å². The molecule has 1 aliphatic heterocycles. The Bertz CT molecular complexity index is 1740. The number of rotatable bonds is 11. The number of halogens is 5. The van der Waals surface area contributed by atoms with Crippen molar-refractivity contribution in [2.75, 3.05) is 26.0 Å². The van der Waals surface area contributed by atoms with E-state index in [4.69, 9.17) is 53.2 Å². The van der Waals surface area contributed by atoms with Gasteiger partial charge in [0.1, 0.15) is 17.5 Å². The quantitative estimate of drug-likeness (QED) is 0.0977. The van der Waals surface area contributed by atoms with Crippen LogP contribution in [0.3, 0.4) is 0 Å². The molecule has 0 aromatic heterocycles. The van der Waals surface area contributed by atoms with Gasteiger partial charge in [-0.05, 0) is 63.1 Å². The Morgan fingerprint density at radius 2 is 1.78 bits per heavy atom. The predicted molar refractivity (Wildman–Crippen MR) is 183 cm³/mol. The second-order valence-corrected chi connectivity index (χ2v) is 15.0. The Morgan fingerprint density at radius 1 is 1.14 bits per heavy atom. The highest BCUT2D eigenvalue weighted by atomic mass is 35.5. The van der Waals surface area contributed by atoms with Crippen molar-refractivity contribution in [3.63, 3.8) is 0 Å². The van der Waals surface area contributed by atoms with E-state index in [0.717, 1.165) is 23.8 Å². The third kappa shape index (κ3) is 14.0. The maximum Gasteiger partial charge on any atom is 0.416 e. The molecular weight excluding hydrogens is 745 g/mol. The summed E-state index contributed by atoms with van der Waals surface area (Å²) in [5.74, 6) is -1.01. The minimum absolute atomic E-state index is 0.00687. The standard InChI is InChI=1S/C15H11ClF3NO4.C12H14ClNO2.C5H12NO4P/c1-2-23-14-8-10(4-5-12(14)20(21)22)24-13-6-3-9(7-11(13)16)15(17,18)19;1-12(2)8-16-14(11(12)15)7-9-5-3-4-6-10(9)13;1-11(9,10)3-2-4(6)5(7)8/h3-8H,2H2,1H3;3-6H,7-8H2,1-2H3;4H,2-3,6H2,1H3,(H,7,8)(H,9,10). The zero-order chi connectivity index (χ0) is 38.7. The van der Waals surface area contributed by atoms with Crippen molar-refractivity contribution in [3.8, 4) is 17.2 Å². The van der Waals surface area contributed by atoms with Gasteiger partial charge in [0.05, 0.1) is 40.7 Å². The molecule has 4 N–H and O–H groups in total. The molecule has 1 heterocycles. The summed E-state index contributed by atoms with van der Waals surface area (Å²) in [5, 5.41) is 21.0. The average Bonchev–Trinajstić information content (AvgIpc) is 3.28. The summed E-state index contributed by atoms with van der Waals surface area (Å²) in [5.41, 5.74) is 4.41. The van der Waals surface area contributed by atoms with E-state index in [2.05, 4.69) is 0 Å². The van der Waals surface area contributed by atoms with E-state index in [9.17, 15) is 37.4 Å². The molecule has 0 aliphatic carbocycles. The Labute approximate surface area is 301 Å². The molecule has 2 unspecified atom stereocenters. The third-order valence-electron chi connectivity index (χ3n) is 6.75. The monoisotopic (exact) mass is 781 g/mol. The molecule has 1 fully saturated rings. The van der Waals surface area contributed by atoms with Gasteiger partial charge in [-0.2, -0.15) is 13.2 Å². The zero-order valence-electron chi connectivity index (χ0n) is 27.9. The van der Waals surface area contributed by atoms with Crippen molar-refractivity contribution in [3.05, 3.63) is 92.0 Å². The average molecular weight is 783 g/mol. The van der Waals surface area contributed by atoms with Crippen LogP contribution in [0.2, 0.25) is 10.0 Å². The van der Waals surface area contributed by atoms with Crippen LogP contribution in [0.5, 0.6) is 17.2 Å². The summed E-state index contributed by atoms with van der Waals surface area (Å²) in [7, 11) is -3.10. The van der Waals surface area contributed by atoms with Gasteiger partial charge in [0, 0.05) is 30.0 Å². The van der Waals surface area contributed by atoms with Crippen LogP contribution in [0.4, 0.5) is 18.9 Å². The van der Waals surface area contributed by atoms with E-state index in [-0.39, 0.29) is 53.1 Å². The minimum Gasteiger partial charge on any atom is -0.487 e. The molecule has 1 saturated heterocycles. The number of nitrogens with zero attached hydrogens (tertiary/aromatic N) is 2. The summed E-state index contributed by atoms with van der Waals surface area (Å²) in [6.07, 6.45) is -4.52. The lowest BCUT2D eigenvalue weighted by Crippen LogP contribution is -2.30. The maximum absolute atomic E-state index is 12.6. The zero-order valence-corrected chi connectivity index (χ0v) is 30.3. The molecule has 0 radical (unpaired) electrons. The second-order valence-electron chi connectivity index (χ2n) is 11.7. The molecule has 3 aromatic rings. The van der Waals surface area contributed by atoms with Crippen molar-refractivity contribution in [1.82, 2.24) is 5.06 Å². The molecule has 19 heteroatoms. The van der Waals surface area contributed by atoms with E-state index in [1.807, 2.05) is 38.1 Å². The van der Waals surface area contributed by atoms with Crippen molar-refractivity contribution in [1.29, 1.82) is 0 Å². The van der Waals surface area contributed by atoms with Gasteiger partial charge in [-0.1, -0.05) is 41.4 Å². The first-order valence-corrected chi connectivity index (χ1v) is 18.0.